The third kappa shape index (κ3) is 447. The molecule has 0 aliphatic heterocycles. The number of aromatic nitrogens is 10. The zero-order valence-electron chi connectivity index (χ0n) is 54.6. The fourth-order valence-electron chi connectivity index (χ4n) is 1.28. The van der Waals surface area contributed by atoms with Gasteiger partial charge in [0.1, 0.15) is 25.3 Å². The van der Waals surface area contributed by atoms with Crippen LogP contribution in [0.1, 0.15) is 228 Å². The van der Waals surface area contributed by atoms with Crippen molar-refractivity contribution in [3.63, 3.8) is 0 Å². The highest BCUT2D eigenvalue weighted by molar-refractivity contribution is 4.88. The SMILES string of the molecule is CC(C)(C)C.CC(C)(C)C.CC(C)(C)C.CC(C)C.CC(C)C.CC(C)C.CC(C)C.CC(C)C.CC(C)C.CC(C)C.c1ccncc1.c1ccnnc1.c1cnccn1.c1cncnc1.c1ncncn1. The van der Waals surface area contributed by atoms with E-state index < -0.39 is 0 Å². The van der Waals surface area contributed by atoms with Crippen LogP contribution in [0.25, 0.3) is 0 Å². The first kappa shape index (κ1) is 91.1. The van der Waals surface area contributed by atoms with Crippen molar-refractivity contribution in [2.45, 2.75) is 228 Å². The number of hydrogen-bond donors (Lipinski definition) is 0. The lowest BCUT2D eigenvalue weighted by molar-refractivity contribution is 0.469. The normalized spacial score (nSPS) is 9.21. The summed E-state index contributed by atoms with van der Waals surface area (Å²) in [6.07, 6.45) is 22.5. The summed E-state index contributed by atoms with van der Waals surface area (Å²) in [7, 11) is 0. The van der Waals surface area contributed by atoms with E-state index in [4.69, 9.17) is 0 Å². The van der Waals surface area contributed by atoms with E-state index in [2.05, 4.69) is 279 Å². The van der Waals surface area contributed by atoms with Crippen LogP contribution in [0.15, 0.2) is 124 Å². The van der Waals surface area contributed by atoms with E-state index in [0.29, 0.717) is 16.2 Å². The fourth-order valence-corrected chi connectivity index (χ4v) is 1.28. The Bertz CT molecular complexity index is 1050. The number of nitrogens with zero attached hydrogens (tertiary/aromatic N) is 10. The van der Waals surface area contributed by atoms with Gasteiger partial charge in [-0.15, -0.1) is 0 Å². The van der Waals surface area contributed by atoms with E-state index in [1.165, 1.54) is 25.3 Å². The molecule has 0 spiro atoms. The van der Waals surface area contributed by atoms with Crippen LogP contribution in [0.3, 0.4) is 0 Å². The van der Waals surface area contributed by atoms with Gasteiger partial charge in [-0.1, -0.05) is 235 Å². The summed E-state index contributed by atoms with van der Waals surface area (Å²) < 4.78 is 0. The first-order chi connectivity index (χ1) is 33.1. The highest BCUT2D eigenvalue weighted by Crippen LogP contribution is 2.09. The van der Waals surface area contributed by atoms with Crippen molar-refractivity contribution in [3.8, 4) is 0 Å². The zero-order chi connectivity index (χ0) is 59.8. The number of hydrogen-bond acceptors (Lipinski definition) is 10. The monoisotopic (exact) mass is 1020 g/mol. The summed E-state index contributed by atoms with van der Waals surface area (Å²) in [6, 6.07) is 11.1. The van der Waals surface area contributed by atoms with E-state index >= 15 is 0 Å². The van der Waals surface area contributed by atoms with Crippen molar-refractivity contribution in [2.75, 3.05) is 0 Å². The van der Waals surface area contributed by atoms with E-state index in [1.54, 1.807) is 68.0 Å². The Morgan fingerprint density at radius 3 is 0.411 bits per heavy atom. The largest absolute Gasteiger partial charge is 0.265 e. The second kappa shape index (κ2) is 71.7. The number of rotatable bonds is 0. The first-order valence-corrected chi connectivity index (χ1v) is 26.6. The zero-order valence-corrected chi connectivity index (χ0v) is 54.6. The molecule has 10 nitrogen and oxygen atoms in total. The molecule has 5 heterocycles. The second-order valence-corrected chi connectivity index (χ2v) is 25.7. The van der Waals surface area contributed by atoms with Crippen LogP contribution < -0.4 is 0 Å². The fraction of sp³-hybridized carbons (Fsp3) is 0.683. The van der Waals surface area contributed by atoms with E-state index in [1.807, 2.05) is 30.3 Å². The van der Waals surface area contributed by atoms with Gasteiger partial charge in [0.05, 0.1) is 0 Å². The molecule has 0 unspecified atom stereocenters. The average molecular weight is 1020 g/mol. The molecular weight excluding hydrogens is 897 g/mol. The first-order valence-electron chi connectivity index (χ1n) is 26.6. The highest BCUT2D eigenvalue weighted by atomic mass is 15.1. The van der Waals surface area contributed by atoms with Gasteiger partial charge in [0, 0.05) is 62.0 Å². The minimum Gasteiger partial charge on any atom is -0.265 e. The van der Waals surface area contributed by atoms with Gasteiger partial charge in [0.25, 0.3) is 0 Å². The molecule has 0 amide bonds. The predicted molar refractivity (Wildman–Crippen MR) is 329 cm³/mol. The van der Waals surface area contributed by atoms with Gasteiger partial charge >= 0.3 is 0 Å². The van der Waals surface area contributed by atoms with Gasteiger partial charge in [0.15, 0.2) is 0 Å². The molecule has 0 aliphatic rings. The van der Waals surface area contributed by atoms with E-state index in [9.17, 15) is 0 Å². The summed E-state index contributed by atoms with van der Waals surface area (Å²) in [5.41, 5.74) is 1.50. The quantitative estimate of drug-likeness (QED) is 0.148. The Morgan fingerprint density at radius 2 is 0.342 bits per heavy atom. The molecule has 0 atom stereocenters. The van der Waals surface area contributed by atoms with E-state index in [-0.39, 0.29) is 0 Å². The van der Waals surface area contributed by atoms with Crippen molar-refractivity contribution in [1.82, 2.24) is 50.1 Å². The van der Waals surface area contributed by atoms with Gasteiger partial charge < -0.3 is 0 Å². The Kier molecular flexibility index (Phi) is 89.4. The highest BCUT2D eigenvalue weighted by Gasteiger charge is 1.96. The molecule has 0 bridgehead atoms. The van der Waals surface area contributed by atoms with Crippen molar-refractivity contribution in [2.24, 2.45) is 57.7 Å². The molecule has 0 radical (unpaired) electrons. The molecule has 0 saturated heterocycles. The van der Waals surface area contributed by atoms with Gasteiger partial charge in [-0.05, 0) is 88.0 Å². The van der Waals surface area contributed by atoms with Crippen molar-refractivity contribution in [1.29, 1.82) is 0 Å². The molecule has 5 aromatic rings. The summed E-state index contributed by atoms with van der Waals surface area (Å²) >= 11 is 0. The van der Waals surface area contributed by atoms with Gasteiger partial charge in [-0.25, -0.2) is 24.9 Å². The molecule has 0 fully saturated rings. The molecule has 0 aromatic carbocycles. The Hall–Kier alpha value is -4.60. The molecule has 10 heteroatoms. The molecule has 0 saturated carbocycles. The van der Waals surface area contributed by atoms with Gasteiger partial charge in [-0.2, -0.15) is 10.2 Å². The van der Waals surface area contributed by atoms with Crippen LogP contribution in [0.4, 0.5) is 0 Å². The van der Waals surface area contributed by atoms with Crippen molar-refractivity contribution < 1.29 is 0 Å². The lowest BCUT2D eigenvalue weighted by Gasteiger charge is -2.05. The van der Waals surface area contributed by atoms with Crippen LogP contribution >= 0.6 is 0 Å². The summed E-state index contributed by atoms with van der Waals surface area (Å²) in [5.74, 6) is 5.83. The minimum atomic E-state index is 0.500. The summed E-state index contributed by atoms with van der Waals surface area (Å²) in [5, 5.41) is 7.07. The summed E-state index contributed by atoms with van der Waals surface area (Å²) in [6.45, 7) is 71.7. The third-order valence-corrected chi connectivity index (χ3v) is 2.40. The standard InChI is InChI=1S/C5H5N.3C5H12.3C4H4N2.7C4H10.C3H3N3/c1-2-4-6-5-3-1;3*1-5(2,3)4;1-2-6-4-3-5-1;1-2-5-4-6-3-1;1-2-4-6-5-3-1;7*1-4(2)3;1-4-2-6-3-5-1/h1-5H;3*1-4H3;3*1-4H;7*4H,1-3H3;1-3H. The molecule has 73 heavy (non-hydrogen) atoms. The maximum atomic E-state index is 3.78. The Balaban J connectivity index is -0.0000000731. The second-order valence-electron chi connectivity index (χ2n) is 25.7. The maximum Gasteiger partial charge on any atom is 0.119 e. The molecule has 5 aromatic heterocycles. The smallest absolute Gasteiger partial charge is 0.119 e. The Labute approximate surface area is 458 Å². The van der Waals surface area contributed by atoms with Crippen LogP contribution in [0.2, 0.25) is 0 Å². The molecule has 0 aliphatic carbocycles. The predicted octanol–water partition coefficient (Wildman–Crippen LogP) is 20.2. The lowest BCUT2D eigenvalue weighted by atomic mass is 10.0. The van der Waals surface area contributed by atoms with Gasteiger partial charge in [-0.3, -0.25) is 15.0 Å². The van der Waals surface area contributed by atoms with Crippen molar-refractivity contribution in [3.05, 3.63) is 124 Å². The molecule has 5 rings (SSSR count). The van der Waals surface area contributed by atoms with Crippen LogP contribution in [0.5, 0.6) is 0 Å². The number of pyridine rings is 1. The average Bonchev–Trinajstić information content (AvgIpc) is 3.22. The summed E-state index contributed by atoms with van der Waals surface area (Å²) in [4.78, 5) is 29.3. The van der Waals surface area contributed by atoms with E-state index in [0.717, 1.165) is 41.4 Å². The molecule has 428 valence electrons. The van der Waals surface area contributed by atoms with Crippen LogP contribution in [-0.4, -0.2) is 50.1 Å². The Morgan fingerprint density at radius 1 is 0.192 bits per heavy atom. The van der Waals surface area contributed by atoms with Crippen LogP contribution in [-0.2, 0) is 0 Å². The molecular formula is C63H126N10. The minimum absolute atomic E-state index is 0.500. The maximum absolute atomic E-state index is 3.78. The van der Waals surface area contributed by atoms with Crippen molar-refractivity contribution >= 4 is 0 Å². The lowest BCUT2D eigenvalue weighted by Crippen LogP contribution is -1.93. The molecule has 0 N–H and O–H groups in total. The third-order valence-electron chi connectivity index (χ3n) is 2.40. The van der Waals surface area contributed by atoms with Crippen LogP contribution in [0, 0.1) is 57.7 Å². The topological polar surface area (TPSA) is 129 Å². The van der Waals surface area contributed by atoms with Gasteiger partial charge in [0.2, 0.25) is 0 Å².